The first-order chi connectivity index (χ1) is 14.1. The first-order valence-electron chi connectivity index (χ1n) is 9.55. The number of esters is 1. The summed E-state index contributed by atoms with van der Waals surface area (Å²) in [6.07, 6.45) is 0.996. The summed E-state index contributed by atoms with van der Waals surface area (Å²) >= 11 is 1.68. The molecule has 1 aromatic heterocycles. The van der Waals surface area contributed by atoms with Gasteiger partial charge in [-0.05, 0) is 35.6 Å². The van der Waals surface area contributed by atoms with Crippen LogP contribution in [0.1, 0.15) is 39.3 Å². The molecule has 0 spiro atoms. The van der Waals surface area contributed by atoms with Crippen LogP contribution in [-0.2, 0) is 16.0 Å². The monoisotopic (exact) mass is 409 g/mol. The highest BCUT2D eigenvalue weighted by atomic mass is 32.1. The predicted molar refractivity (Wildman–Crippen MR) is 115 cm³/mol. The molecule has 1 amide bonds. The highest BCUT2D eigenvalue weighted by Crippen LogP contribution is 2.23. The quantitative estimate of drug-likeness (QED) is 0.560. The molecule has 0 unspecified atom stereocenters. The smallest absolute Gasteiger partial charge is 0.339 e. The number of amides is 1. The molecular weight excluding hydrogens is 384 g/mol. The van der Waals surface area contributed by atoms with Crippen molar-refractivity contribution in [3.8, 4) is 0 Å². The number of quaternary nitrogens is 1. The molecule has 0 aliphatic heterocycles. The van der Waals surface area contributed by atoms with Crippen LogP contribution in [0.3, 0.4) is 0 Å². The van der Waals surface area contributed by atoms with E-state index in [0.717, 1.165) is 12.0 Å². The van der Waals surface area contributed by atoms with Gasteiger partial charge in [-0.15, -0.1) is 11.3 Å². The molecule has 29 heavy (non-hydrogen) atoms. The van der Waals surface area contributed by atoms with Crippen molar-refractivity contribution >= 4 is 28.9 Å². The van der Waals surface area contributed by atoms with Gasteiger partial charge in [-0.2, -0.15) is 0 Å². The number of benzene rings is 2. The Morgan fingerprint density at radius 3 is 2.48 bits per heavy atom. The highest BCUT2D eigenvalue weighted by Gasteiger charge is 2.21. The van der Waals surface area contributed by atoms with E-state index in [1.54, 1.807) is 35.6 Å². The Balaban J connectivity index is 1.71. The Morgan fingerprint density at radius 1 is 1.07 bits per heavy atom. The van der Waals surface area contributed by atoms with E-state index in [0.29, 0.717) is 11.3 Å². The standard InChI is InChI=1S/C23H24N2O3S/c1-3-16-10-12-17(13-11-16)22(20-9-6-14-29-20)24-15-21(26)25-19-8-5-4-7-18(19)23(27)28-2/h4-14,22,24H,3,15H2,1-2H3,(H,25,26)/p+1/t22-/m0/s1. The van der Waals surface area contributed by atoms with Crippen LogP contribution in [0.15, 0.2) is 66.0 Å². The summed E-state index contributed by atoms with van der Waals surface area (Å²) in [6, 6.07) is 19.5. The minimum absolute atomic E-state index is 0.0440. The molecule has 0 radical (unpaired) electrons. The van der Waals surface area contributed by atoms with Gasteiger partial charge in [0.25, 0.3) is 5.91 Å². The lowest BCUT2D eigenvalue weighted by atomic mass is 10.0. The first kappa shape index (κ1) is 20.8. The molecule has 0 bridgehead atoms. The number of anilines is 1. The normalized spacial score (nSPS) is 11.7. The van der Waals surface area contributed by atoms with Crippen LogP contribution in [0.2, 0.25) is 0 Å². The topological polar surface area (TPSA) is 72.0 Å². The zero-order chi connectivity index (χ0) is 20.6. The van der Waals surface area contributed by atoms with Crippen molar-refractivity contribution in [2.75, 3.05) is 19.0 Å². The van der Waals surface area contributed by atoms with Crippen LogP contribution >= 0.6 is 11.3 Å². The summed E-state index contributed by atoms with van der Waals surface area (Å²) < 4.78 is 4.79. The third-order valence-electron chi connectivity index (χ3n) is 4.74. The maximum atomic E-state index is 12.6. The van der Waals surface area contributed by atoms with E-state index in [4.69, 9.17) is 4.74 Å². The van der Waals surface area contributed by atoms with Gasteiger partial charge in [0.15, 0.2) is 6.54 Å². The van der Waals surface area contributed by atoms with E-state index in [1.807, 2.05) is 16.8 Å². The Bertz CT molecular complexity index is 953. The van der Waals surface area contributed by atoms with Crippen molar-refractivity contribution in [1.29, 1.82) is 0 Å². The van der Waals surface area contributed by atoms with Gasteiger partial charge in [-0.3, -0.25) is 4.79 Å². The molecule has 5 nitrogen and oxygen atoms in total. The summed E-state index contributed by atoms with van der Waals surface area (Å²) in [6.45, 7) is 2.36. The lowest BCUT2D eigenvalue weighted by Crippen LogP contribution is -2.87. The number of nitrogens with one attached hydrogen (secondary N) is 1. The molecule has 0 aliphatic carbocycles. The molecule has 6 heteroatoms. The summed E-state index contributed by atoms with van der Waals surface area (Å²) in [5, 5.41) is 6.89. The number of para-hydroxylation sites is 1. The van der Waals surface area contributed by atoms with Crippen molar-refractivity contribution in [3.05, 3.63) is 87.6 Å². The maximum Gasteiger partial charge on any atom is 0.339 e. The molecule has 3 aromatic rings. The minimum atomic E-state index is -0.475. The number of carbonyl (C=O) groups is 2. The fourth-order valence-corrected chi connectivity index (χ4v) is 4.00. The minimum Gasteiger partial charge on any atom is -0.465 e. The summed E-state index contributed by atoms with van der Waals surface area (Å²) in [5.41, 5.74) is 3.24. The number of aryl methyl sites for hydroxylation is 1. The Morgan fingerprint density at radius 2 is 1.83 bits per heavy atom. The molecule has 3 rings (SSSR count). The van der Waals surface area contributed by atoms with Crippen molar-refractivity contribution in [3.63, 3.8) is 0 Å². The van der Waals surface area contributed by atoms with Gasteiger partial charge in [0, 0.05) is 5.56 Å². The second-order valence-electron chi connectivity index (χ2n) is 6.61. The van der Waals surface area contributed by atoms with E-state index in [1.165, 1.54) is 17.6 Å². The third kappa shape index (κ3) is 5.31. The summed E-state index contributed by atoms with van der Waals surface area (Å²) in [4.78, 5) is 25.7. The van der Waals surface area contributed by atoms with E-state index in [-0.39, 0.29) is 18.5 Å². The average Bonchev–Trinajstić information content (AvgIpc) is 3.29. The predicted octanol–water partition coefficient (Wildman–Crippen LogP) is 3.39. The molecule has 0 fully saturated rings. The summed E-state index contributed by atoms with van der Waals surface area (Å²) in [7, 11) is 1.32. The lowest BCUT2D eigenvalue weighted by Gasteiger charge is -2.16. The fraction of sp³-hybridized carbons (Fsp3) is 0.217. The molecule has 2 aromatic carbocycles. The lowest BCUT2D eigenvalue weighted by molar-refractivity contribution is -0.675. The second-order valence-corrected chi connectivity index (χ2v) is 7.59. The van der Waals surface area contributed by atoms with Gasteiger partial charge >= 0.3 is 5.97 Å². The third-order valence-corrected chi connectivity index (χ3v) is 5.70. The first-order valence-corrected chi connectivity index (χ1v) is 10.4. The van der Waals surface area contributed by atoms with Crippen LogP contribution in [0.4, 0.5) is 5.69 Å². The van der Waals surface area contributed by atoms with Gasteiger partial charge in [0.05, 0.1) is 23.2 Å². The van der Waals surface area contributed by atoms with Crippen molar-refractivity contribution in [2.24, 2.45) is 0 Å². The number of carbonyl (C=O) groups excluding carboxylic acids is 2. The van der Waals surface area contributed by atoms with Gasteiger partial charge in [-0.1, -0.05) is 49.4 Å². The van der Waals surface area contributed by atoms with Crippen LogP contribution < -0.4 is 10.6 Å². The molecule has 150 valence electrons. The fourth-order valence-electron chi connectivity index (χ4n) is 3.15. The number of nitrogens with two attached hydrogens (primary N) is 1. The molecule has 1 heterocycles. The molecule has 3 N–H and O–H groups in total. The average molecular weight is 410 g/mol. The van der Waals surface area contributed by atoms with Gasteiger partial charge in [0.2, 0.25) is 0 Å². The second kappa shape index (κ2) is 10.0. The number of ether oxygens (including phenoxy) is 1. The maximum absolute atomic E-state index is 12.6. The van der Waals surface area contributed by atoms with Gasteiger partial charge < -0.3 is 15.4 Å². The van der Waals surface area contributed by atoms with Crippen LogP contribution in [0, 0.1) is 0 Å². The van der Waals surface area contributed by atoms with Gasteiger partial charge in [-0.25, -0.2) is 4.79 Å². The van der Waals surface area contributed by atoms with Gasteiger partial charge in [0.1, 0.15) is 6.04 Å². The summed E-state index contributed by atoms with van der Waals surface area (Å²) in [5.74, 6) is -0.648. The number of thiophene rings is 1. The van der Waals surface area contributed by atoms with Crippen LogP contribution in [0.25, 0.3) is 0 Å². The van der Waals surface area contributed by atoms with E-state index in [2.05, 4.69) is 42.6 Å². The largest absolute Gasteiger partial charge is 0.465 e. The Hall–Kier alpha value is -2.96. The number of methoxy groups -OCH3 is 1. The molecular formula is C23H25N2O3S+. The van der Waals surface area contributed by atoms with E-state index in [9.17, 15) is 9.59 Å². The Labute approximate surface area is 174 Å². The van der Waals surface area contributed by atoms with Crippen LogP contribution in [0.5, 0.6) is 0 Å². The SMILES string of the molecule is CCc1ccc([C@H]([NH2+]CC(=O)Nc2ccccc2C(=O)OC)c2cccs2)cc1. The van der Waals surface area contributed by atoms with Crippen molar-refractivity contribution in [2.45, 2.75) is 19.4 Å². The Kier molecular flexibility index (Phi) is 7.16. The van der Waals surface area contributed by atoms with E-state index >= 15 is 0 Å². The molecule has 1 atom stereocenters. The van der Waals surface area contributed by atoms with E-state index < -0.39 is 5.97 Å². The van der Waals surface area contributed by atoms with Crippen molar-refractivity contribution < 1.29 is 19.6 Å². The van der Waals surface area contributed by atoms with Crippen molar-refractivity contribution in [1.82, 2.24) is 0 Å². The molecule has 0 saturated heterocycles. The number of hydrogen-bond acceptors (Lipinski definition) is 4. The number of hydrogen-bond donors (Lipinski definition) is 2. The molecule has 0 saturated carbocycles. The zero-order valence-electron chi connectivity index (χ0n) is 16.6. The molecule has 0 aliphatic rings. The zero-order valence-corrected chi connectivity index (χ0v) is 17.4. The highest BCUT2D eigenvalue weighted by molar-refractivity contribution is 7.10. The number of rotatable bonds is 8. The van der Waals surface area contributed by atoms with Crippen LogP contribution in [-0.4, -0.2) is 25.5 Å².